The largest absolute Gasteiger partial charge is 0.451 e. The average Bonchev–Trinajstić information content (AvgIpc) is 2.69. The number of nitrogens with one attached hydrogen (secondary N) is 1. The predicted octanol–water partition coefficient (Wildman–Crippen LogP) is 2.30. The smallest absolute Gasteiger partial charge is 0.326 e. The molecule has 1 N–H and O–H groups in total. The van der Waals surface area contributed by atoms with Crippen molar-refractivity contribution in [3.05, 3.63) is 75.8 Å². The van der Waals surface area contributed by atoms with Gasteiger partial charge in [0.2, 0.25) is 0 Å². The second-order valence-electron chi connectivity index (χ2n) is 6.14. The Balaban J connectivity index is 1.58. The fraction of sp³-hybridized carbons (Fsp3) is 0.200. The van der Waals surface area contributed by atoms with E-state index in [4.69, 9.17) is 16.3 Å². The number of ether oxygens (including phenoxy) is 1. The van der Waals surface area contributed by atoms with Gasteiger partial charge in [0.05, 0.1) is 17.2 Å². The quantitative estimate of drug-likeness (QED) is 0.642. The number of para-hydroxylation sites is 1. The van der Waals surface area contributed by atoms with Gasteiger partial charge in [0.25, 0.3) is 11.5 Å². The molecule has 3 rings (SSSR count). The summed E-state index contributed by atoms with van der Waals surface area (Å²) in [5, 5.41) is 3.61. The van der Waals surface area contributed by atoms with Gasteiger partial charge in [-0.15, -0.1) is 0 Å². The van der Waals surface area contributed by atoms with Crippen LogP contribution in [0.15, 0.2) is 59.7 Å². The van der Waals surface area contributed by atoms with Gasteiger partial charge in [0.1, 0.15) is 6.54 Å². The van der Waals surface area contributed by atoms with E-state index in [1.165, 1.54) is 13.3 Å². The highest BCUT2D eigenvalue weighted by atomic mass is 35.5. The average molecular weight is 400 g/mol. The Hall–Kier alpha value is -3.19. The number of nitrogens with zero attached hydrogens (tertiary/aromatic N) is 2. The van der Waals surface area contributed by atoms with Crippen LogP contribution in [0.5, 0.6) is 0 Å². The molecule has 1 amide bonds. The zero-order valence-corrected chi connectivity index (χ0v) is 15.8. The van der Waals surface area contributed by atoms with Crippen molar-refractivity contribution < 1.29 is 14.3 Å². The second kappa shape index (κ2) is 8.67. The number of carbonyl (C=O) groups is 2. The van der Waals surface area contributed by atoms with E-state index in [2.05, 4.69) is 10.3 Å². The Bertz CT molecular complexity index is 1080. The molecule has 3 aromatic rings. The minimum atomic E-state index is -1.01. The third-order valence-corrected chi connectivity index (χ3v) is 4.49. The van der Waals surface area contributed by atoms with Gasteiger partial charge in [0, 0.05) is 11.6 Å². The molecule has 8 heteroatoms. The van der Waals surface area contributed by atoms with Gasteiger partial charge >= 0.3 is 5.97 Å². The molecule has 0 saturated carbocycles. The van der Waals surface area contributed by atoms with Crippen molar-refractivity contribution in [2.75, 3.05) is 0 Å². The van der Waals surface area contributed by atoms with E-state index < -0.39 is 18.0 Å². The van der Waals surface area contributed by atoms with E-state index in [0.29, 0.717) is 15.9 Å². The Kier molecular flexibility index (Phi) is 6.06. The van der Waals surface area contributed by atoms with Gasteiger partial charge in [-0.2, -0.15) is 0 Å². The van der Waals surface area contributed by atoms with Crippen molar-refractivity contribution in [3.63, 3.8) is 0 Å². The summed E-state index contributed by atoms with van der Waals surface area (Å²) >= 11 is 6.04. The normalized spacial score (nSPS) is 11.8. The molecule has 1 heterocycles. The van der Waals surface area contributed by atoms with E-state index in [1.54, 1.807) is 42.5 Å². The number of halogens is 1. The predicted molar refractivity (Wildman–Crippen MR) is 105 cm³/mol. The summed E-state index contributed by atoms with van der Waals surface area (Å²) in [5.74, 6) is -1.17. The Morgan fingerprint density at radius 3 is 2.68 bits per heavy atom. The Morgan fingerprint density at radius 2 is 1.89 bits per heavy atom. The van der Waals surface area contributed by atoms with Crippen LogP contribution in [-0.4, -0.2) is 27.5 Å². The Morgan fingerprint density at radius 1 is 1.18 bits per heavy atom. The molecule has 1 unspecified atom stereocenters. The highest BCUT2D eigenvalue weighted by molar-refractivity contribution is 6.31. The lowest BCUT2D eigenvalue weighted by atomic mass is 10.2. The first-order valence-electron chi connectivity index (χ1n) is 8.60. The highest BCUT2D eigenvalue weighted by Crippen LogP contribution is 2.14. The summed E-state index contributed by atoms with van der Waals surface area (Å²) in [6.45, 7) is 1.34. The van der Waals surface area contributed by atoms with Crippen LogP contribution in [0, 0.1) is 0 Å². The molecule has 0 aliphatic carbocycles. The molecule has 28 heavy (non-hydrogen) atoms. The minimum Gasteiger partial charge on any atom is -0.451 e. The number of rotatable bonds is 6. The summed E-state index contributed by atoms with van der Waals surface area (Å²) in [6.07, 6.45) is 0.271. The van der Waals surface area contributed by atoms with Crippen LogP contribution in [-0.2, 0) is 27.4 Å². The number of fused-ring (bicyclic) bond motifs is 1. The molecule has 0 aliphatic heterocycles. The van der Waals surface area contributed by atoms with Crippen molar-refractivity contribution in [1.82, 2.24) is 14.9 Å². The van der Waals surface area contributed by atoms with Crippen LogP contribution in [0.4, 0.5) is 0 Å². The number of hydrogen-bond acceptors (Lipinski definition) is 5. The summed E-state index contributed by atoms with van der Waals surface area (Å²) in [4.78, 5) is 40.8. The van der Waals surface area contributed by atoms with Crippen LogP contribution in [0.1, 0.15) is 12.5 Å². The van der Waals surface area contributed by atoms with Crippen molar-refractivity contribution >= 4 is 34.4 Å². The number of hydrogen-bond donors (Lipinski definition) is 1. The van der Waals surface area contributed by atoms with Crippen molar-refractivity contribution in [3.8, 4) is 0 Å². The van der Waals surface area contributed by atoms with Crippen molar-refractivity contribution in [2.24, 2.45) is 0 Å². The molecule has 0 spiro atoms. The molecule has 0 aliphatic rings. The van der Waals surface area contributed by atoms with E-state index in [0.717, 1.165) is 10.1 Å². The fourth-order valence-corrected chi connectivity index (χ4v) is 2.82. The SMILES string of the molecule is CC(OC(=O)Cn1cnc2ccccc2c1=O)C(=O)NCc1ccccc1Cl. The first-order chi connectivity index (χ1) is 13.5. The van der Waals surface area contributed by atoms with Gasteiger partial charge in [-0.05, 0) is 30.7 Å². The zero-order valence-electron chi connectivity index (χ0n) is 15.1. The van der Waals surface area contributed by atoms with Gasteiger partial charge < -0.3 is 10.1 Å². The zero-order chi connectivity index (χ0) is 20.1. The molecule has 0 fully saturated rings. The third kappa shape index (κ3) is 4.55. The van der Waals surface area contributed by atoms with Crippen LogP contribution < -0.4 is 10.9 Å². The summed E-state index contributed by atoms with van der Waals surface area (Å²) in [5.41, 5.74) is 0.952. The van der Waals surface area contributed by atoms with Gasteiger partial charge in [0.15, 0.2) is 6.10 Å². The van der Waals surface area contributed by atoms with Gasteiger partial charge in [-0.25, -0.2) is 4.98 Å². The number of benzene rings is 2. The lowest BCUT2D eigenvalue weighted by Crippen LogP contribution is -2.37. The maximum absolute atomic E-state index is 12.4. The number of aromatic nitrogens is 2. The lowest BCUT2D eigenvalue weighted by Gasteiger charge is -2.14. The second-order valence-corrected chi connectivity index (χ2v) is 6.54. The number of carbonyl (C=O) groups excluding carboxylic acids is 2. The van der Waals surface area contributed by atoms with E-state index >= 15 is 0 Å². The molecule has 144 valence electrons. The Labute approximate surface area is 165 Å². The number of esters is 1. The molecular weight excluding hydrogens is 382 g/mol. The highest BCUT2D eigenvalue weighted by Gasteiger charge is 2.18. The summed E-state index contributed by atoms with van der Waals surface area (Å²) in [7, 11) is 0. The first-order valence-corrected chi connectivity index (χ1v) is 8.98. The minimum absolute atomic E-state index is 0.217. The maximum atomic E-state index is 12.4. The van der Waals surface area contributed by atoms with Crippen LogP contribution >= 0.6 is 11.6 Å². The van der Waals surface area contributed by atoms with E-state index in [1.807, 2.05) is 6.07 Å². The molecule has 1 aromatic heterocycles. The topological polar surface area (TPSA) is 90.3 Å². The number of amides is 1. The van der Waals surface area contributed by atoms with Gasteiger partial charge in [-0.1, -0.05) is 41.9 Å². The summed E-state index contributed by atoms with van der Waals surface area (Å²) < 4.78 is 6.28. The van der Waals surface area contributed by atoms with Crippen LogP contribution in [0.3, 0.4) is 0 Å². The third-order valence-electron chi connectivity index (χ3n) is 4.12. The molecular formula is C20H18ClN3O4. The van der Waals surface area contributed by atoms with E-state index in [-0.39, 0.29) is 18.6 Å². The molecule has 0 bridgehead atoms. The molecule has 2 aromatic carbocycles. The van der Waals surface area contributed by atoms with Crippen LogP contribution in [0.25, 0.3) is 10.9 Å². The molecule has 1 atom stereocenters. The summed E-state index contributed by atoms with van der Waals surface area (Å²) in [6, 6.07) is 14.0. The fourth-order valence-electron chi connectivity index (χ4n) is 2.61. The van der Waals surface area contributed by atoms with Gasteiger partial charge in [-0.3, -0.25) is 19.0 Å². The van der Waals surface area contributed by atoms with Crippen LogP contribution in [0.2, 0.25) is 5.02 Å². The molecule has 0 saturated heterocycles. The lowest BCUT2D eigenvalue weighted by molar-refractivity contribution is -0.155. The maximum Gasteiger partial charge on any atom is 0.326 e. The molecule has 0 radical (unpaired) electrons. The molecule has 7 nitrogen and oxygen atoms in total. The standard InChI is InChI=1S/C20H18ClN3O4/c1-13(19(26)22-10-14-6-2-4-8-16(14)21)28-18(25)11-24-12-23-17-9-5-3-7-15(17)20(24)27/h2-9,12-13H,10-11H2,1H3,(H,22,26). The monoisotopic (exact) mass is 399 g/mol. The first kappa shape index (κ1) is 19.6. The van der Waals surface area contributed by atoms with Crippen molar-refractivity contribution in [2.45, 2.75) is 26.1 Å². The van der Waals surface area contributed by atoms with E-state index in [9.17, 15) is 14.4 Å². The van der Waals surface area contributed by atoms with Crippen molar-refractivity contribution in [1.29, 1.82) is 0 Å².